The second-order valence-corrected chi connectivity index (χ2v) is 8.07. The van der Waals surface area contributed by atoms with Gasteiger partial charge in [-0.25, -0.2) is 0 Å². The van der Waals surface area contributed by atoms with Crippen molar-refractivity contribution in [1.29, 1.82) is 0 Å². The molecule has 1 atom stereocenters. The van der Waals surface area contributed by atoms with Crippen molar-refractivity contribution in [1.82, 2.24) is 0 Å². The Bertz CT molecular complexity index is 537. The molecule has 168 valence electrons. The van der Waals surface area contributed by atoms with Gasteiger partial charge in [-0.2, -0.15) is 17.6 Å². The molecule has 2 saturated carbocycles. The van der Waals surface area contributed by atoms with E-state index in [4.69, 9.17) is 9.47 Å². The second kappa shape index (κ2) is 10.6. The van der Waals surface area contributed by atoms with Gasteiger partial charge in [0, 0.05) is 6.92 Å². The first-order valence-electron chi connectivity index (χ1n) is 10.4. The van der Waals surface area contributed by atoms with Gasteiger partial charge in [-0.05, 0) is 25.7 Å². The van der Waals surface area contributed by atoms with Crippen LogP contribution in [0.1, 0.15) is 71.1 Å². The Morgan fingerprint density at radius 3 is 1.79 bits per heavy atom. The number of rotatable bonds is 9. The third-order valence-corrected chi connectivity index (χ3v) is 5.53. The molecule has 0 aromatic rings. The first kappa shape index (κ1) is 23.9. The average molecular weight is 426 g/mol. The Morgan fingerprint density at radius 2 is 1.31 bits per heavy atom. The zero-order valence-corrected chi connectivity index (χ0v) is 16.8. The Balaban J connectivity index is 1.93. The molecule has 0 aromatic carbocycles. The van der Waals surface area contributed by atoms with Crippen LogP contribution in [0.4, 0.5) is 17.6 Å². The monoisotopic (exact) mass is 426 g/mol. The molecule has 0 saturated heterocycles. The zero-order valence-electron chi connectivity index (χ0n) is 16.8. The van der Waals surface area contributed by atoms with Crippen molar-refractivity contribution in [3.8, 4) is 0 Å². The zero-order chi connectivity index (χ0) is 21.5. The van der Waals surface area contributed by atoms with Crippen LogP contribution in [-0.2, 0) is 23.8 Å². The van der Waals surface area contributed by atoms with E-state index in [-0.39, 0.29) is 18.8 Å². The summed E-state index contributed by atoms with van der Waals surface area (Å²) in [5.74, 6) is -6.13. The van der Waals surface area contributed by atoms with Crippen molar-refractivity contribution in [2.75, 3.05) is 13.2 Å². The molecule has 2 rings (SSSR count). The Morgan fingerprint density at radius 1 is 0.828 bits per heavy atom. The molecular formula is C20H30F4O5. The van der Waals surface area contributed by atoms with Crippen LogP contribution < -0.4 is 0 Å². The average Bonchev–Trinajstić information content (AvgIpc) is 2.70. The number of hydrogen-bond donors (Lipinski definition) is 0. The molecule has 9 heteroatoms. The van der Waals surface area contributed by atoms with Crippen molar-refractivity contribution in [2.45, 2.75) is 89.3 Å². The van der Waals surface area contributed by atoms with Gasteiger partial charge in [0.25, 0.3) is 0 Å². The minimum Gasteiger partial charge on any atom is -0.461 e. The lowest BCUT2D eigenvalue weighted by Gasteiger charge is -2.28. The summed E-state index contributed by atoms with van der Waals surface area (Å²) < 4.78 is 67.3. The lowest BCUT2D eigenvalue weighted by molar-refractivity contribution is -0.346. The van der Waals surface area contributed by atoms with Crippen molar-refractivity contribution in [3.05, 3.63) is 0 Å². The lowest BCUT2D eigenvalue weighted by Crippen LogP contribution is -2.43. The highest BCUT2D eigenvalue weighted by Crippen LogP contribution is 2.35. The molecule has 0 bridgehead atoms. The minimum atomic E-state index is -4.73. The van der Waals surface area contributed by atoms with E-state index >= 15 is 0 Å². The number of hydrogen-bond acceptors (Lipinski definition) is 5. The van der Waals surface area contributed by atoms with Crippen molar-refractivity contribution < 1.29 is 41.4 Å². The van der Waals surface area contributed by atoms with E-state index in [0.29, 0.717) is 25.7 Å². The number of alkyl halides is 4. The summed E-state index contributed by atoms with van der Waals surface area (Å²) in [5, 5.41) is 0. The van der Waals surface area contributed by atoms with Crippen molar-refractivity contribution >= 4 is 11.9 Å². The van der Waals surface area contributed by atoms with Crippen LogP contribution in [0.3, 0.4) is 0 Å². The van der Waals surface area contributed by atoms with Crippen molar-refractivity contribution in [2.24, 2.45) is 11.8 Å². The van der Waals surface area contributed by atoms with Crippen LogP contribution in [0.25, 0.3) is 0 Å². The standard InChI is InChI=1S/C20H30F4O5/c1-19(21,22)20(23,24)28-13-16(29-18(26)15-10-6-3-7-11-15)12-27-17(25)14-8-4-2-5-9-14/h14-16H,2-13H2,1H3. The van der Waals surface area contributed by atoms with Gasteiger partial charge in [0.1, 0.15) is 6.61 Å². The topological polar surface area (TPSA) is 61.8 Å². The minimum absolute atomic E-state index is 0.0408. The van der Waals surface area contributed by atoms with Gasteiger partial charge in [-0.15, -0.1) is 0 Å². The predicted molar refractivity (Wildman–Crippen MR) is 95.5 cm³/mol. The van der Waals surface area contributed by atoms with Crippen LogP contribution in [0, 0.1) is 11.8 Å². The largest absolute Gasteiger partial charge is 0.461 e. The molecule has 0 heterocycles. The fourth-order valence-corrected chi connectivity index (χ4v) is 3.67. The molecule has 0 aromatic heterocycles. The van der Waals surface area contributed by atoms with E-state index in [9.17, 15) is 27.2 Å². The van der Waals surface area contributed by atoms with Gasteiger partial charge < -0.3 is 14.2 Å². The van der Waals surface area contributed by atoms with Crippen LogP contribution in [0.5, 0.6) is 0 Å². The van der Waals surface area contributed by atoms with Crippen molar-refractivity contribution in [3.63, 3.8) is 0 Å². The summed E-state index contributed by atoms with van der Waals surface area (Å²) in [6, 6.07) is 0. The van der Waals surface area contributed by atoms with E-state index in [1.54, 1.807) is 0 Å². The molecule has 2 fully saturated rings. The molecule has 0 aliphatic heterocycles. The maximum Gasteiger partial charge on any atom is 0.419 e. The molecule has 0 radical (unpaired) electrons. The van der Waals surface area contributed by atoms with Crippen LogP contribution in [0.15, 0.2) is 0 Å². The Hall–Kier alpha value is -1.38. The molecule has 1 unspecified atom stereocenters. The van der Waals surface area contributed by atoms with E-state index < -0.39 is 43.3 Å². The number of esters is 2. The van der Waals surface area contributed by atoms with Gasteiger partial charge in [-0.3, -0.25) is 9.59 Å². The fourth-order valence-electron chi connectivity index (χ4n) is 3.67. The predicted octanol–water partition coefficient (Wildman–Crippen LogP) is 4.87. The number of halogens is 4. The third-order valence-electron chi connectivity index (χ3n) is 5.53. The van der Waals surface area contributed by atoms with Crippen LogP contribution >= 0.6 is 0 Å². The second-order valence-electron chi connectivity index (χ2n) is 8.07. The highest BCUT2D eigenvalue weighted by Gasteiger charge is 2.54. The molecular weight excluding hydrogens is 396 g/mol. The van der Waals surface area contributed by atoms with E-state index in [2.05, 4.69) is 4.74 Å². The van der Waals surface area contributed by atoms with E-state index in [1.165, 1.54) is 0 Å². The molecule has 29 heavy (non-hydrogen) atoms. The molecule has 0 amide bonds. The molecule has 2 aliphatic rings. The number of ether oxygens (including phenoxy) is 3. The maximum absolute atomic E-state index is 13.5. The molecule has 2 aliphatic carbocycles. The van der Waals surface area contributed by atoms with Gasteiger partial charge in [0.2, 0.25) is 0 Å². The lowest BCUT2D eigenvalue weighted by atomic mass is 9.89. The Kier molecular flexibility index (Phi) is 8.73. The van der Waals surface area contributed by atoms with Gasteiger partial charge >= 0.3 is 24.0 Å². The van der Waals surface area contributed by atoms with Gasteiger partial charge in [-0.1, -0.05) is 38.5 Å². The SMILES string of the molecule is CC(F)(F)C(F)(F)OCC(COC(=O)C1CCCCC1)OC(=O)C1CCCCC1. The first-order chi connectivity index (χ1) is 13.6. The summed E-state index contributed by atoms with van der Waals surface area (Å²) >= 11 is 0. The quantitative estimate of drug-likeness (QED) is 0.389. The molecule has 5 nitrogen and oxygen atoms in total. The number of carbonyl (C=O) groups excluding carboxylic acids is 2. The summed E-state index contributed by atoms with van der Waals surface area (Å²) in [5.41, 5.74) is 0. The smallest absolute Gasteiger partial charge is 0.419 e. The summed E-state index contributed by atoms with van der Waals surface area (Å²) in [6.07, 6.45) is 2.09. The van der Waals surface area contributed by atoms with Gasteiger partial charge in [0.05, 0.1) is 18.4 Å². The summed E-state index contributed by atoms with van der Waals surface area (Å²) in [4.78, 5) is 24.5. The number of carbonyl (C=O) groups is 2. The molecule has 0 N–H and O–H groups in total. The first-order valence-corrected chi connectivity index (χ1v) is 10.4. The maximum atomic E-state index is 13.5. The fraction of sp³-hybridized carbons (Fsp3) is 0.900. The normalized spacial score (nSPS) is 20.9. The summed E-state index contributed by atoms with van der Waals surface area (Å²) in [6.45, 7) is -1.45. The van der Waals surface area contributed by atoms with Crippen LogP contribution in [0.2, 0.25) is 0 Å². The highest BCUT2D eigenvalue weighted by atomic mass is 19.3. The Labute approximate surface area is 168 Å². The molecule has 0 spiro atoms. The summed E-state index contributed by atoms with van der Waals surface area (Å²) in [7, 11) is 0. The third kappa shape index (κ3) is 7.42. The van der Waals surface area contributed by atoms with E-state index in [0.717, 1.165) is 38.5 Å². The highest BCUT2D eigenvalue weighted by molar-refractivity contribution is 5.73. The van der Waals surface area contributed by atoms with E-state index in [1.807, 2.05) is 0 Å². The van der Waals surface area contributed by atoms with Gasteiger partial charge in [0.15, 0.2) is 6.10 Å². The van der Waals surface area contributed by atoms with Crippen LogP contribution in [-0.4, -0.2) is 43.3 Å².